The fourth-order valence-electron chi connectivity index (χ4n) is 1.96. The number of hydrogen-bond acceptors (Lipinski definition) is 4. The van der Waals surface area contributed by atoms with Crippen molar-refractivity contribution in [1.82, 2.24) is 5.43 Å². The summed E-state index contributed by atoms with van der Waals surface area (Å²) in [5.41, 5.74) is 6.59. The van der Waals surface area contributed by atoms with Gasteiger partial charge in [-0.15, -0.1) is 0 Å². The van der Waals surface area contributed by atoms with Gasteiger partial charge in [0, 0.05) is 13.6 Å². The van der Waals surface area contributed by atoms with Crippen molar-refractivity contribution in [3.8, 4) is 0 Å². The third-order valence-electron chi connectivity index (χ3n) is 2.63. The molecule has 1 aromatic carbocycles. The van der Waals surface area contributed by atoms with Gasteiger partial charge >= 0.3 is 0 Å². The highest BCUT2D eigenvalue weighted by Crippen LogP contribution is 2.29. The van der Waals surface area contributed by atoms with Gasteiger partial charge in [-0.3, -0.25) is 0 Å². The third kappa shape index (κ3) is 1.37. The largest absolute Gasteiger partial charge is 0.308 e. The molecule has 14 heavy (non-hydrogen) atoms. The van der Waals surface area contributed by atoms with Gasteiger partial charge in [-0.25, -0.2) is 5.43 Å². The van der Waals surface area contributed by atoms with E-state index in [0.29, 0.717) is 0 Å². The van der Waals surface area contributed by atoms with E-state index in [2.05, 4.69) is 21.7 Å². The molecule has 74 valence electrons. The second-order valence-corrected chi connectivity index (χ2v) is 3.33. The maximum Gasteiger partial charge on any atom is 0.106 e. The lowest BCUT2D eigenvalue weighted by Crippen LogP contribution is -2.32. The number of fused-ring (bicyclic) bond motifs is 1. The molecule has 1 heterocycles. The summed E-state index contributed by atoms with van der Waals surface area (Å²) in [6, 6.07) is 6.00. The first-order chi connectivity index (χ1) is 6.86. The first kappa shape index (κ1) is 9.15. The first-order valence-electron chi connectivity index (χ1n) is 4.71. The summed E-state index contributed by atoms with van der Waals surface area (Å²) < 4.78 is 0. The maximum absolute atomic E-state index is 10.2. The average molecular weight is 191 g/mol. The number of hydrogen-bond donors (Lipinski definition) is 1. The Balaban J connectivity index is 2.39. The SMILES string of the molecule is CNN1CCc2c(CN=O)cccc21. The van der Waals surface area contributed by atoms with Crippen LogP contribution in [0.4, 0.5) is 5.69 Å². The van der Waals surface area contributed by atoms with Gasteiger partial charge in [-0.05, 0) is 23.6 Å². The molecule has 1 aromatic rings. The summed E-state index contributed by atoms with van der Waals surface area (Å²) >= 11 is 0. The van der Waals surface area contributed by atoms with E-state index in [1.165, 1.54) is 11.3 Å². The summed E-state index contributed by atoms with van der Waals surface area (Å²) in [7, 11) is 1.90. The van der Waals surface area contributed by atoms with Crippen LogP contribution in [0.2, 0.25) is 0 Å². The number of nitroso groups, excluding NO2 is 1. The van der Waals surface area contributed by atoms with Gasteiger partial charge in [-0.1, -0.05) is 17.3 Å². The lowest BCUT2D eigenvalue weighted by molar-refractivity contribution is 0.734. The van der Waals surface area contributed by atoms with Gasteiger partial charge in [0.2, 0.25) is 0 Å². The second kappa shape index (κ2) is 3.75. The van der Waals surface area contributed by atoms with Crippen molar-refractivity contribution in [2.24, 2.45) is 5.18 Å². The zero-order chi connectivity index (χ0) is 9.97. The van der Waals surface area contributed by atoms with Crippen LogP contribution in [0, 0.1) is 4.91 Å². The molecule has 1 N–H and O–H groups in total. The monoisotopic (exact) mass is 191 g/mol. The Hall–Kier alpha value is -1.42. The van der Waals surface area contributed by atoms with E-state index in [-0.39, 0.29) is 6.54 Å². The zero-order valence-corrected chi connectivity index (χ0v) is 8.16. The Morgan fingerprint density at radius 3 is 3.14 bits per heavy atom. The van der Waals surface area contributed by atoms with Crippen molar-refractivity contribution in [2.45, 2.75) is 13.0 Å². The van der Waals surface area contributed by atoms with E-state index in [4.69, 9.17) is 0 Å². The van der Waals surface area contributed by atoms with Gasteiger partial charge in [0.05, 0.1) is 5.69 Å². The first-order valence-corrected chi connectivity index (χ1v) is 4.71. The third-order valence-corrected chi connectivity index (χ3v) is 2.63. The molecule has 2 rings (SSSR count). The Morgan fingerprint density at radius 1 is 1.57 bits per heavy atom. The number of hydrazine groups is 1. The van der Waals surface area contributed by atoms with Crippen LogP contribution in [0.15, 0.2) is 23.4 Å². The van der Waals surface area contributed by atoms with Crippen LogP contribution in [0.5, 0.6) is 0 Å². The molecular weight excluding hydrogens is 178 g/mol. The molecule has 0 saturated carbocycles. The Labute approximate surface area is 82.9 Å². The molecule has 0 aromatic heterocycles. The van der Waals surface area contributed by atoms with Crippen LogP contribution in [-0.4, -0.2) is 13.6 Å². The van der Waals surface area contributed by atoms with Crippen molar-refractivity contribution in [2.75, 3.05) is 18.6 Å². The fraction of sp³-hybridized carbons (Fsp3) is 0.400. The van der Waals surface area contributed by atoms with E-state index >= 15 is 0 Å². The standard InChI is InChI=1S/C10H13N3O/c1-11-13-6-5-9-8(7-12-14)3-2-4-10(9)13/h2-4,11H,5-7H2,1H3. The quantitative estimate of drug-likeness (QED) is 0.735. The summed E-state index contributed by atoms with van der Waals surface area (Å²) in [4.78, 5) is 10.2. The minimum absolute atomic E-state index is 0.278. The summed E-state index contributed by atoms with van der Waals surface area (Å²) in [5, 5.41) is 5.03. The van der Waals surface area contributed by atoms with E-state index in [1.807, 2.05) is 19.2 Å². The minimum atomic E-state index is 0.278. The van der Waals surface area contributed by atoms with Crippen molar-refractivity contribution in [3.05, 3.63) is 34.2 Å². The van der Waals surface area contributed by atoms with Crippen LogP contribution in [0.1, 0.15) is 11.1 Å². The van der Waals surface area contributed by atoms with E-state index in [0.717, 1.165) is 18.5 Å². The molecule has 0 unspecified atom stereocenters. The Morgan fingerprint density at radius 2 is 2.43 bits per heavy atom. The minimum Gasteiger partial charge on any atom is -0.308 e. The number of nitrogens with zero attached hydrogens (tertiary/aromatic N) is 2. The van der Waals surface area contributed by atoms with Crippen molar-refractivity contribution in [3.63, 3.8) is 0 Å². The predicted molar refractivity (Wildman–Crippen MR) is 56.1 cm³/mol. The molecule has 0 fully saturated rings. The van der Waals surface area contributed by atoms with E-state index in [9.17, 15) is 4.91 Å². The van der Waals surface area contributed by atoms with Crippen LogP contribution in [0.25, 0.3) is 0 Å². The smallest absolute Gasteiger partial charge is 0.106 e. The topological polar surface area (TPSA) is 44.7 Å². The number of nitrogens with one attached hydrogen (secondary N) is 1. The molecule has 0 saturated heterocycles. The van der Waals surface area contributed by atoms with E-state index < -0.39 is 0 Å². The number of anilines is 1. The van der Waals surface area contributed by atoms with Crippen LogP contribution in [-0.2, 0) is 13.0 Å². The molecule has 0 aliphatic carbocycles. The summed E-state index contributed by atoms with van der Waals surface area (Å²) in [6.07, 6.45) is 0.988. The maximum atomic E-state index is 10.2. The molecule has 0 amide bonds. The molecule has 0 bridgehead atoms. The lowest BCUT2D eigenvalue weighted by Gasteiger charge is -2.17. The second-order valence-electron chi connectivity index (χ2n) is 3.33. The summed E-state index contributed by atoms with van der Waals surface area (Å²) in [5.74, 6) is 0. The van der Waals surface area contributed by atoms with Crippen molar-refractivity contribution in [1.29, 1.82) is 0 Å². The van der Waals surface area contributed by atoms with Crippen LogP contribution >= 0.6 is 0 Å². The molecule has 1 aliphatic rings. The summed E-state index contributed by atoms with van der Waals surface area (Å²) in [6.45, 7) is 1.24. The van der Waals surface area contributed by atoms with Crippen LogP contribution in [0.3, 0.4) is 0 Å². The molecular formula is C10H13N3O. The van der Waals surface area contributed by atoms with Crippen molar-refractivity contribution < 1.29 is 0 Å². The van der Waals surface area contributed by atoms with Gasteiger partial charge in [-0.2, -0.15) is 4.91 Å². The highest BCUT2D eigenvalue weighted by Gasteiger charge is 2.20. The molecule has 0 radical (unpaired) electrons. The van der Waals surface area contributed by atoms with Gasteiger partial charge < -0.3 is 5.01 Å². The molecule has 4 heteroatoms. The number of rotatable bonds is 3. The molecule has 1 aliphatic heterocycles. The Bertz CT molecular complexity index is 351. The van der Waals surface area contributed by atoms with Gasteiger partial charge in [0.25, 0.3) is 0 Å². The normalized spacial score (nSPS) is 14.2. The molecule has 0 spiro atoms. The number of benzene rings is 1. The van der Waals surface area contributed by atoms with Gasteiger partial charge in [0.15, 0.2) is 0 Å². The predicted octanol–water partition coefficient (Wildman–Crippen LogP) is 1.45. The lowest BCUT2D eigenvalue weighted by atomic mass is 10.1. The Kier molecular flexibility index (Phi) is 2.45. The van der Waals surface area contributed by atoms with Crippen molar-refractivity contribution >= 4 is 5.69 Å². The average Bonchev–Trinajstić information content (AvgIpc) is 2.62. The zero-order valence-electron chi connectivity index (χ0n) is 8.16. The highest BCUT2D eigenvalue weighted by molar-refractivity contribution is 5.60. The van der Waals surface area contributed by atoms with Crippen LogP contribution < -0.4 is 10.4 Å². The van der Waals surface area contributed by atoms with E-state index in [1.54, 1.807) is 0 Å². The molecule has 0 atom stereocenters. The highest BCUT2D eigenvalue weighted by atomic mass is 16.3. The fourth-order valence-corrected chi connectivity index (χ4v) is 1.96. The molecule has 4 nitrogen and oxygen atoms in total. The van der Waals surface area contributed by atoms with Gasteiger partial charge in [0.1, 0.15) is 6.54 Å².